The van der Waals surface area contributed by atoms with Gasteiger partial charge in [0, 0.05) is 48.9 Å². The summed E-state index contributed by atoms with van der Waals surface area (Å²) < 4.78 is 0. The van der Waals surface area contributed by atoms with Crippen molar-refractivity contribution in [3.63, 3.8) is 0 Å². The summed E-state index contributed by atoms with van der Waals surface area (Å²) in [4.78, 5) is 28.6. The number of hydrogen-bond donors (Lipinski definition) is 1. The first kappa shape index (κ1) is 21.5. The van der Waals surface area contributed by atoms with Gasteiger partial charge in [0.05, 0.1) is 10.7 Å². The number of benzene rings is 2. The Morgan fingerprint density at radius 3 is 2.34 bits per heavy atom. The van der Waals surface area contributed by atoms with Crippen molar-refractivity contribution >= 4 is 46.4 Å². The van der Waals surface area contributed by atoms with Crippen LogP contribution in [0.2, 0.25) is 10.0 Å². The van der Waals surface area contributed by atoms with Crippen LogP contribution in [0.15, 0.2) is 36.4 Å². The first-order valence-electron chi connectivity index (χ1n) is 9.79. The van der Waals surface area contributed by atoms with E-state index in [9.17, 15) is 9.59 Å². The molecule has 1 aliphatic rings. The summed E-state index contributed by atoms with van der Waals surface area (Å²) in [5.74, 6) is -0.0220. The molecule has 0 unspecified atom stereocenters. The second-order valence-corrected chi connectivity index (χ2v) is 8.02. The van der Waals surface area contributed by atoms with E-state index in [-0.39, 0.29) is 11.8 Å². The van der Waals surface area contributed by atoms with Crippen molar-refractivity contribution in [2.75, 3.05) is 36.4 Å². The Labute approximate surface area is 181 Å². The van der Waals surface area contributed by atoms with Gasteiger partial charge < -0.3 is 15.1 Å². The maximum atomic E-state index is 12.5. The van der Waals surface area contributed by atoms with Crippen LogP contribution in [-0.2, 0) is 4.79 Å². The largest absolute Gasteiger partial charge is 0.367 e. The highest BCUT2D eigenvalue weighted by molar-refractivity contribution is 6.33. The lowest BCUT2D eigenvalue weighted by atomic mass is 10.1. The number of aryl methyl sites for hydroxylation is 1. The van der Waals surface area contributed by atoms with Gasteiger partial charge in [0.1, 0.15) is 0 Å². The van der Waals surface area contributed by atoms with Gasteiger partial charge in [-0.1, -0.05) is 36.2 Å². The number of nitrogens with zero attached hydrogens (tertiary/aromatic N) is 2. The molecule has 2 aromatic carbocycles. The van der Waals surface area contributed by atoms with Gasteiger partial charge in [0.2, 0.25) is 5.91 Å². The third kappa shape index (κ3) is 5.22. The minimum absolute atomic E-state index is 0.215. The third-order valence-corrected chi connectivity index (χ3v) is 5.79. The molecule has 1 aliphatic heterocycles. The number of nitrogens with one attached hydrogen (secondary N) is 1. The highest BCUT2D eigenvalue weighted by atomic mass is 35.5. The van der Waals surface area contributed by atoms with Crippen LogP contribution < -0.4 is 10.2 Å². The topological polar surface area (TPSA) is 52.7 Å². The molecule has 1 heterocycles. The van der Waals surface area contributed by atoms with E-state index in [4.69, 9.17) is 23.2 Å². The molecule has 3 rings (SSSR count). The van der Waals surface area contributed by atoms with Gasteiger partial charge in [-0.15, -0.1) is 0 Å². The van der Waals surface area contributed by atoms with Crippen LogP contribution in [0, 0.1) is 6.92 Å². The van der Waals surface area contributed by atoms with Crippen LogP contribution in [0.25, 0.3) is 0 Å². The van der Waals surface area contributed by atoms with Crippen LogP contribution in [0.4, 0.5) is 11.4 Å². The molecular weight excluding hydrogens is 409 g/mol. The second-order valence-electron chi connectivity index (χ2n) is 7.20. The third-order valence-electron chi connectivity index (χ3n) is 5.08. The predicted molar refractivity (Wildman–Crippen MR) is 119 cm³/mol. The number of piperazine rings is 1. The maximum absolute atomic E-state index is 12.5. The summed E-state index contributed by atoms with van der Waals surface area (Å²) in [5, 5.41) is 3.98. The molecule has 5 nitrogen and oxygen atoms in total. The van der Waals surface area contributed by atoms with Gasteiger partial charge >= 0.3 is 0 Å². The Balaban J connectivity index is 1.64. The number of anilines is 2. The van der Waals surface area contributed by atoms with E-state index in [2.05, 4.69) is 10.2 Å². The molecule has 0 aromatic heterocycles. The summed E-state index contributed by atoms with van der Waals surface area (Å²) in [6, 6.07) is 10.7. The molecule has 1 N–H and O–H groups in total. The van der Waals surface area contributed by atoms with Crippen LogP contribution in [0.1, 0.15) is 35.7 Å². The highest BCUT2D eigenvalue weighted by Crippen LogP contribution is 2.30. The number of amides is 2. The Kier molecular flexibility index (Phi) is 7.04. The molecule has 2 amide bonds. The van der Waals surface area contributed by atoms with Crippen LogP contribution in [-0.4, -0.2) is 42.9 Å². The average Bonchev–Trinajstić information content (AvgIpc) is 2.70. The molecular formula is C22H25Cl2N3O2. The predicted octanol–water partition coefficient (Wildman–Crippen LogP) is 5.00. The maximum Gasteiger partial charge on any atom is 0.255 e. The van der Waals surface area contributed by atoms with Gasteiger partial charge in [0.15, 0.2) is 0 Å². The van der Waals surface area contributed by atoms with E-state index in [0.29, 0.717) is 40.8 Å². The zero-order chi connectivity index (χ0) is 21.0. The zero-order valence-electron chi connectivity index (χ0n) is 16.7. The van der Waals surface area contributed by atoms with E-state index in [1.54, 1.807) is 18.2 Å². The van der Waals surface area contributed by atoms with Crippen molar-refractivity contribution in [1.29, 1.82) is 0 Å². The van der Waals surface area contributed by atoms with Crippen molar-refractivity contribution in [1.82, 2.24) is 4.90 Å². The molecule has 154 valence electrons. The fourth-order valence-electron chi connectivity index (χ4n) is 3.35. The summed E-state index contributed by atoms with van der Waals surface area (Å²) in [7, 11) is 0. The van der Waals surface area contributed by atoms with E-state index in [1.807, 2.05) is 36.9 Å². The van der Waals surface area contributed by atoms with Crippen molar-refractivity contribution in [3.05, 3.63) is 57.6 Å². The van der Waals surface area contributed by atoms with Gasteiger partial charge in [-0.2, -0.15) is 0 Å². The molecule has 0 radical (unpaired) electrons. The van der Waals surface area contributed by atoms with Crippen LogP contribution in [0.5, 0.6) is 0 Å². The lowest BCUT2D eigenvalue weighted by Gasteiger charge is -2.36. The van der Waals surface area contributed by atoms with Crippen molar-refractivity contribution in [2.45, 2.75) is 26.7 Å². The summed E-state index contributed by atoms with van der Waals surface area (Å²) in [6.45, 7) is 6.78. The Bertz CT molecular complexity index is 909. The molecule has 7 heteroatoms. The Hall–Kier alpha value is -2.24. The zero-order valence-corrected chi connectivity index (χ0v) is 18.2. The van der Waals surface area contributed by atoms with E-state index < -0.39 is 0 Å². The van der Waals surface area contributed by atoms with Crippen LogP contribution >= 0.6 is 23.2 Å². The highest BCUT2D eigenvalue weighted by Gasteiger charge is 2.22. The number of halogens is 2. The number of carbonyl (C=O) groups is 2. The molecule has 0 spiro atoms. The van der Waals surface area contributed by atoms with Gasteiger partial charge in [-0.3, -0.25) is 9.59 Å². The molecule has 1 fully saturated rings. The molecule has 0 bridgehead atoms. The fourth-order valence-corrected chi connectivity index (χ4v) is 3.83. The fraction of sp³-hybridized carbons (Fsp3) is 0.364. The number of rotatable bonds is 5. The molecule has 0 atom stereocenters. The van der Waals surface area contributed by atoms with Crippen molar-refractivity contribution in [3.8, 4) is 0 Å². The first-order chi connectivity index (χ1) is 13.9. The Morgan fingerprint density at radius 2 is 1.72 bits per heavy atom. The quantitative estimate of drug-likeness (QED) is 0.721. The smallest absolute Gasteiger partial charge is 0.255 e. The van der Waals surface area contributed by atoms with Crippen molar-refractivity contribution < 1.29 is 9.59 Å². The molecule has 29 heavy (non-hydrogen) atoms. The standard InChI is InChI=1S/C22H25Cl2N3O2/c1-3-4-21(28)27-11-9-26(10-12-27)20-8-7-17(14-19(20)24)25-22(29)16-6-5-15(2)18(23)13-16/h5-8,13-14H,3-4,9-12H2,1-2H3,(H,25,29). The lowest BCUT2D eigenvalue weighted by molar-refractivity contribution is -0.131. The van der Waals surface area contributed by atoms with Gasteiger partial charge in [0.25, 0.3) is 5.91 Å². The van der Waals surface area contributed by atoms with Gasteiger partial charge in [-0.05, 0) is 49.2 Å². The SMILES string of the molecule is CCCC(=O)N1CCN(c2ccc(NC(=O)c3ccc(C)c(Cl)c3)cc2Cl)CC1. The van der Waals surface area contributed by atoms with E-state index in [0.717, 1.165) is 30.8 Å². The average molecular weight is 434 g/mol. The second kappa shape index (κ2) is 9.51. The lowest BCUT2D eigenvalue weighted by Crippen LogP contribution is -2.48. The first-order valence-corrected chi connectivity index (χ1v) is 10.5. The monoisotopic (exact) mass is 433 g/mol. The molecule has 0 aliphatic carbocycles. The molecule has 2 aromatic rings. The summed E-state index contributed by atoms with van der Waals surface area (Å²) >= 11 is 12.6. The minimum Gasteiger partial charge on any atom is -0.367 e. The van der Waals surface area contributed by atoms with Crippen LogP contribution in [0.3, 0.4) is 0 Å². The Morgan fingerprint density at radius 1 is 1.00 bits per heavy atom. The van der Waals surface area contributed by atoms with E-state index in [1.165, 1.54) is 0 Å². The number of carbonyl (C=O) groups excluding carboxylic acids is 2. The number of hydrogen-bond acceptors (Lipinski definition) is 3. The van der Waals surface area contributed by atoms with Crippen molar-refractivity contribution in [2.24, 2.45) is 0 Å². The normalized spacial score (nSPS) is 14.1. The molecule has 1 saturated heterocycles. The summed E-state index contributed by atoms with van der Waals surface area (Å²) in [5.41, 5.74) is 2.95. The van der Waals surface area contributed by atoms with Gasteiger partial charge in [-0.25, -0.2) is 0 Å². The summed E-state index contributed by atoms with van der Waals surface area (Å²) in [6.07, 6.45) is 1.47. The molecule has 0 saturated carbocycles. The minimum atomic E-state index is -0.237. The van der Waals surface area contributed by atoms with E-state index >= 15 is 0 Å².